The predicted molar refractivity (Wildman–Crippen MR) is 69.3 cm³/mol. The van der Waals surface area contributed by atoms with Crippen molar-refractivity contribution >= 4 is 17.2 Å². The molecule has 4 N–H and O–H groups in total. The summed E-state index contributed by atoms with van der Waals surface area (Å²) in [6, 6.07) is 4.68. The minimum atomic E-state index is -0.495. The first-order valence-corrected chi connectivity index (χ1v) is 5.61. The lowest BCUT2D eigenvalue weighted by Crippen LogP contribution is -2.42. The topological polar surface area (TPSA) is 111 Å². The highest BCUT2D eigenvalue weighted by atomic mass is 16.6. The van der Waals surface area contributed by atoms with E-state index in [-0.39, 0.29) is 17.5 Å². The van der Waals surface area contributed by atoms with Crippen LogP contribution < -0.4 is 11.5 Å². The smallest absolute Gasteiger partial charge is 0.292 e. The molecule has 1 aliphatic rings. The van der Waals surface area contributed by atoms with Gasteiger partial charge in [0.05, 0.1) is 17.6 Å². The molecule has 0 aliphatic carbocycles. The first-order chi connectivity index (χ1) is 8.50. The van der Waals surface area contributed by atoms with Crippen molar-refractivity contribution in [2.45, 2.75) is 13.1 Å². The quantitative estimate of drug-likeness (QED) is 0.461. The first-order valence-electron chi connectivity index (χ1n) is 5.61. The van der Waals surface area contributed by atoms with Gasteiger partial charge in [0, 0.05) is 18.2 Å². The van der Waals surface area contributed by atoms with Crippen molar-refractivity contribution in [2.24, 2.45) is 10.7 Å². The van der Waals surface area contributed by atoms with Gasteiger partial charge in [-0.05, 0) is 19.1 Å². The van der Waals surface area contributed by atoms with Crippen LogP contribution in [0.1, 0.15) is 12.5 Å². The Bertz CT molecular complexity index is 512. The average Bonchev–Trinajstić information content (AvgIpc) is 2.78. The molecule has 1 unspecified atom stereocenters. The Hall–Kier alpha value is -2.15. The van der Waals surface area contributed by atoms with Crippen LogP contribution >= 0.6 is 0 Å². The molecule has 2 rings (SSSR count). The van der Waals surface area contributed by atoms with Gasteiger partial charge in [-0.1, -0.05) is 0 Å². The number of aliphatic imine (C=N–C) groups is 1. The standard InChI is InChI=1S/C11H15N5O2/c1-7(12)15-5-4-14-11(15)8-2-3-9(13)10(6-8)16(17)18/h2-3,6-7H,4-5,12-13H2,1H3. The lowest BCUT2D eigenvalue weighted by molar-refractivity contribution is -0.383. The molecule has 0 fully saturated rings. The number of nitro groups is 1. The monoisotopic (exact) mass is 249 g/mol. The number of nitrogens with two attached hydrogens (primary N) is 2. The zero-order valence-electron chi connectivity index (χ0n) is 10.0. The first kappa shape index (κ1) is 12.3. The predicted octanol–water partition coefficient (Wildman–Crippen LogP) is 0.544. The van der Waals surface area contributed by atoms with Gasteiger partial charge in [0.2, 0.25) is 0 Å². The molecule has 0 radical (unpaired) electrons. The van der Waals surface area contributed by atoms with Crippen LogP contribution in [0.3, 0.4) is 0 Å². The Morgan fingerprint density at radius 1 is 1.56 bits per heavy atom. The van der Waals surface area contributed by atoms with Gasteiger partial charge in [-0.15, -0.1) is 0 Å². The third-order valence-electron chi connectivity index (χ3n) is 2.85. The van der Waals surface area contributed by atoms with Crippen LogP contribution in [0.2, 0.25) is 0 Å². The Morgan fingerprint density at radius 2 is 2.28 bits per heavy atom. The number of anilines is 1. The molecular formula is C11H15N5O2. The van der Waals surface area contributed by atoms with E-state index in [4.69, 9.17) is 11.5 Å². The summed E-state index contributed by atoms with van der Waals surface area (Å²) in [6.45, 7) is 3.23. The molecule has 1 aromatic carbocycles. The van der Waals surface area contributed by atoms with E-state index >= 15 is 0 Å². The normalized spacial score (nSPS) is 16.6. The number of benzene rings is 1. The molecule has 1 heterocycles. The van der Waals surface area contributed by atoms with Gasteiger partial charge < -0.3 is 16.4 Å². The fourth-order valence-electron chi connectivity index (χ4n) is 1.95. The number of hydrogen-bond donors (Lipinski definition) is 2. The van der Waals surface area contributed by atoms with Crippen molar-refractivity contribution in [2.75, 3.05) is 18.8 Å². The van der Waals surface area contributed by atoms with Crippen molar-refractivity contribution in [1.29, 1.82) is 0 Å². The number of rotatable bonds is 3. The zero-order chi connectivity index (χ0) is 13.3. The van der Waals surface area contributed by atoms with E-state index in [0.717, 1.165) is 6.54 Å². The number of hydrogen-bond acceptors (Lipinski definition) is 6. The van der Waals surface area contributed by atoms with E-state index < -0.39 is 4.92 Å². The van der Waals surface area contributed by atoms with E-state index in [1.807, 2.05) is 11.8 Å². The van der Waals surface area contributed by atoms with E-state index in [1.54, 1.807) is 6.07 Å². The molecular weight excluding hydrogens is 234 g/mol. The molecule has 0 aromatic heterocycles. The van der Waals surface area contributed by atoms with Crippen LogP contribution in [0.5, 0.6) is 0 Å². The fourth-order valence-corrected chi connectivity index (χ4v) is 1.95. The third-order valence-corrected chi connectivity index (χ3v) is 2.85. The number of amidine groups is 1. The van der Waals surface area contributed by atoms with Gasteiger partial charge >= 0.3 is 0 Å². The van der Waals surface area contributed by atoms with Crippen LogP contribution in [0.25, 0.3) is 0 Å². The highest BCUT2D eigenvalue weighted by Crippen LogP contribution is 2.24. The van der Waals surface area contributed by atoms with Crippen LogP contribution in [-0.4, -0.2) is 34.9 Å². The molecule has 96 valence electrons. The maximum Gasteiger partial charge on any atom is 0.292 e. The highest BCUT2D eigenvalue weighted by molar-refractivity contribution is 6.01. The Labute approximate surface area is 104 Å². The molecule has 1 aliphatic heterocycles. The second-order valence-corrected chi connectivity index (χ2v) is 4.17. The second kappa shape index (κ2) is 4.61. The van der Waals surface area contributed by atoms with Gasteiger partial charge in [-0.25, -0.2) is 0 Å². The second-order valence-electron chi connectivity index (χ2n) is 4.17. The van der Waals surface area contributed by atoms with E-state index in [2.05, 4.69) is 4.99 Å². The lowest BCUT2D eigenvalue weighted by Gasteiger charge is -2.24. The number of nitro benzene ring substituents is 1. The molecule has 0 bridgehead atoms. The summed E-state index contributed by atoms with van der Waals surface area (Å²) in [7, 11) is 0. The molecule has 0 saturated heterocycles. The number of nitrogens with zero attached hydrogens (tertiary/aromatic N) is 3. The van der Waals surface area contributed by atoms with Gasteiger partial charge in [0.1, 0.15) is 11.5 Å². The maximum absolute atomic E-state index is 10.9. The summed E-state index contributed by atoms with van der Waals surface area (Å²) >= 11 is 0. The minimum absolute atomic E-state index is 0.105. The summed E-state index contributed by atoms with van der Waals surface area (Å²) in [5.41, 5.74) is 12.1. The molecule has 0 spiro atoms. The Morgan fingerprint density at radius 3 is 2.89 bits per heavy atom. The molecule has 7 heteroatoms. The highest BCUT2D eigenvalue weighted by Gasteiger charge is 2.23. The molecule has 0 saturated carbocycles. The molecule has 7 nitrogen and oxygen atoms in total. The molecule has 1 atom stereocenters. The van der Waals surface area contributed by atoms with Crippen molar-refractivity contribution in [3.63, 3.8) is 0 Å². The zero-order valence-corrected chi connectivity index (χ0v) is 10.0. The van der Waals surface area contributed by atoms with Gasteiger partial charge in [-0.3, -0.25) is 15.1 Å². The van der Waals surface area contributed by atoms with Gasteiger partial charge in [-0.2, -0.15) is 0 Å². The maximum atomic E-state index is 10.9. The van der Waals surface area contributed by atoms with Crippen molar-refractivity contribution in [3.8, 4) is 0 Å². The summed E-state index contributed by atoms with van der Waals surface area (Å²) < 4.78 is 0. The van der Waals surface area contributed by atoms with Crippen LogP contribution in [0.4, 0.5) is 11.4 Å². The van der Waals surface area contributed by atoms with Crippen molar-refractivity contribution in [1.82, 2.24) is 4.90 Å². The van der Waals surface area contributed by atoms with Crippen LogP contribution in [-0.2, 0) is 0 Å². The Kier molecular flexibility index (Phi) is 3.15. The number of nitrogen functional groups attached to an aromatic ring is 1. The minimum Gasteiger partial charge on any atom is -0.393 e. The summed E-state index contributed by atoms with van der Waals surface area (Å²) in [5.74, 6) is 0.688. The lowest BCUT2D eigenvalue weighted by atomic mass is 10.1. The van der Waals surface area contributed by atoms with Gasteiger partial charge in [0.15, 0.2) is 0 Å². The fraction of sp³-hybridized carbons (Fsp3) is 0.364. The van der Waals surface area contributed by atoms with Gasteiger partial charge in [0.25, 0.3) is 5.69 Å². The summed E-state index contributed by atoms with van der Waals surface area (Å²) in [6.07, 6.45) is -0.178. The van der Waals surface area contributed by atoms with E-state index in [9.17, 15) is 10.1 Å². The van der Waals surface area contributed by atoms with E-state index in [0.29, 0.717) is 17.9 Å². The largest absolute Gasteiger partial charge is 0.393 e. The Balaban J connectivity index is 2.40. The SMILES string of the molecule is CC(N)N1CCN=C1c1ccc(N)c([N+](=O)[O-])c1. The summed E-state index contributed by atoms with van der Waals surface area (Å²) in [4.78, 5) is 16.6. The molecule has 0 amide bonds. The van der Waals surface area contributed by atoms with Crippen LogP contribution in [0.15, 0.2) is 23.2 Å². The molecule has 1 aromatic rings. The molecule has 18 heavy (non-hydrogen) atoms. The van der Waals surface area contributed by atoms with Crippen LogP contribution in [0, 0.1) is 10.1 Å². The van der Waals surface area contributed by atoms with Crippen molar-refractivity contribution < 1.29 is 4.92 Å². The third kappa shape index (κ3) is 2.12. The average molecular weight is 249 g/mol. The van der Waals surface area contributed by atoms with E-state index in [1.165, 1.54) is 12.1 Å². The van der Waals surface area contributed by atoms with Crippen molar-refractivity contribution in [3.05, 3.63) is 33.9 Å². The summed E-state index contributed by atoms with van der Waals surface area (Å²) in [5, 5.41) is 10.9.